The Bertz CT molecular complexity index is 1110. The Morgan fingerprint density at radius 1 is 1.03 bits per heavy atom. The minimum absolute atomic E-state index is 0.0105. The first-order valence-electron chi connectivity index (χ1n) is 11.1. The summed E-state index contributed by atoms with van der Waals surface area (Å²) in [6.45, 7) is 6.93. The summed E-state index contributed by atoms with van der Waals surface area (Å²) < 4.78 is 47.8. The van der Waals surface area contributed by atoms with Gasteiger partial charge in [0.15, 0.2) is 6.10 Å². The Morgan fingerprint density at radius 2 is 1.73 bits per heavy atom. The summed E-state index contributed by atoms with van der Waals surface area (Å²) >= 11 is 6.21. The minimum Gasteiger partial charge on any atom is -0.491 e. The molecule has 1 aromatic carbocycles. The molecule has 0 saturated heterocycles. The molecule has 1 heterocycles. The molecule has 0 fully saturated rings. The van der Waals surface area contributed by atoms with Crippen molar-refractivity contribution in [1.29, 1.82) is 0 Å². The van der Waals surface area contributed by atoms with Crippen LogP contribution in [0.1, 0.15) is 49.3 Å². The van der Waals surface area contributed by atoms with Crippen LogP contribution in [0.25, 0.3) is 0 Å². The standard InChI is InChI=1S/C24H26ClF3N2O7/c1-13(2)34-17-5-6-18(19(25)11-17)21(31)30-12-16-9-15(7-8-29-16)10-20(35-14(3)4)22(32)36-37-23(33)24(26,27)28/h5-9,11,13-14,20H,10,12H2,1-4H3,(H,30,31). The topological polar surface area (TPSA) is 113 Å². The Hall–Kier alpha value is -3.38. The summed E-state index contributed by atoms with van der Waals surface area (Å²) in [6.07, 6.45) is -5.98. The van der Waals surface area contributed by atoms with Crippen LogP contribution in [0.4, 0.5) is 13.2 Å². The number of carbonyl (C=O) groups excluding carboxylic acids is 3. The van der Waals surface area contributed by atoms with Gasteiger partial charge in [-0.05, 0) is 63.6 Å². The number of nitrogens with zero attached hydrogens (tertiary/aromatic N) is 1. The highest BCUT2D eigenvalue weighted by Gasteiger charge is 2.43. The van der Waals surface area contributed by atoms with Crippen molar-refractivity contribution < 1.29 is 46.8 Å². The van der Waals surface area contributed by atoms with Gasteiger partial charge in [-0.2, -0.15) is 13.2 Å². The van der Waals surface area contributed by atoms with Crippen molar-refractivity contribution in [3.8, 4) is 5.75 Å². The van der Waals surface area contributed by atoms with E-state index in [1.807, 2.05) is 13.8 Å². The van der Waals surface area contributed by atoms with E-state index in [-0.39, 0.29) is 29.7 Å². The third-order valence-corrected chi connectivity index (χ3v) is 4.73. The van der Waals surface area contributed by atoms with E-state index in [9.17, 15) is 27.6 Å². The molecule has 202 valence electrons. The van der Waals surface area contributed by atoms with Crippen molar-refractivity contribution in [2.24, 2.45) is 0 Å². The monoisotopic (exact) mass is 546 g/mol. The van der Waals surface area contributed by atoms with E-state index in [1.54, 1.807) is 32.0 Å². The number of carbonyl (C=O) groups is 3. The van der Waals surface area contributed by atoms with Crippen LogP contribution < -0.4 is 10.1 Å². The first-order valence-corrected chi connectivity index (χ1v) is 11.5. The van der Waals surface area contributed by atoms with Gasteiger partial charge in [-0.1, -0.05) is 11.6 Å². The number of ether oxygens (including phenoxy) is 2. The third-order valence-electron chi connectivity index (χ3n) is 4.42. The molecule has 1 atom stereocenters. The van der Waals surface area contributed by atoms with E-state index in [1.165, 1.54) is 18.3 Å². The van der Waals surface area contributed by atoms with Gasteiger partial charge in [0.25, 0.3) is 5.91 Å². The van der Waals surface area contributed by atoms with Gasteiger partial charge in [0.05, 0.1) is 35.0 Å². The van der Waals surface area contributed by atoms with Gasteiger partial charge >= 0.3 is 18.1 Å². The molecule has 0 saturated carbocycles. The molecule has 2 rings (SSSR count). The largest absolute Gasteiger partial charge is 0.495 e. The van der Waals surface area contributed by atoms with Gasteiger partial charge in [-0.25, -0.2) is 19.4 Å². The molecule has 0 aliphatic carbocycles. The van der Waals surface area contributed by atoms with Gasteiger partial charge in [-0.3, -0.25) is 9.78 Å². The van der Waals surface area contributed by atoms with E-state index >= 15 is 0 Å². The quantitative estimate of drug-likeness (QED) is 0.346. The van der Waals surface area contributed by atoms with E-state index in [2.05, 4.69) is 20.1 Å². The number of aromatic nitrogens is 1. The number of benzene rings is 1. The summed E-state index contributed by atoms with van der Waals surface area (Å²) in [5.74, 6) is -3.93. The maximum absolute atomic E-state index is 12.6. The number of nitrogens with one attached hydrogen (secondary N) is 1. The van der Waals surface area contributed by atoms with Crippen molar-refractivity contribution in [2.45, 2.75) is 65.1 Å². The second-order valence-electron chi connectivity index (χ2n) is 8.29. The predicted molar refractivity (Wildman–Crippen MR) is 125 cm³/mol. The molecule has 2 aromatic rings. The van der Waals surface area contributed by atoms with Crippen molar-refractivity contribution in [3.05, 3.63) is 58.4 Å². The van der Waals surface area contributed by atoms with Gasteiger partial charge in [0.1, 0.15) is 5.75 Å². The normalized spacial score (nSPS) is 12.3. The van der Waals surface area contributed by atoms with Gasteiger partial charge in [0.2, 0.25) is 0 Å². The molecule has 13 heteroatoms. The molecule has 0 radical (unpaired) electrons. The first kappa shape index (κ1) is 29.8. The summed E-state index contributed by atoms with van der Waals surface area (Å²) in [5, 5.41) is 2.89. The highest BCUT2D eigenvalue weighted by atomic mass is 35.5. The number of pyridine rings is 1. The molecule has 1 amide bonds. The molecular formula is C24H26ClF3N2O7. The fraction of sp³-hybridized carbons (Fsp3) is 0.417. The highest BCUT2D eigenvalue weighted by Crippen LogP contribution is 2.23. The minimum atomic E-state index is -5.33. The number of halogens is 4. The number of alkyl halides is 3. The third kappa shape index (κ3) is 9.89. The predicted octanol–water partition coefficient (Wildman–Crippen LogP) is 4.35. The SMILES string of the molecule is CC(C)Oc1ccc(C(=O)NCc2cc(CC(OC(C)C)C(=O)OOC(=O)C(F)(F)F)ccn2)c(Cl)c1. The Balaban J connectivity index is 2.03. The maximum Gasteiger partial charge on any atom is 0.495 e. The lowest BCUT2D eigenvalue weighted by Crippen LogP contribution is -2.34. The van der Waals surface area contributed by atoms with Crippen LogP contribution in [0.5, 0.6) is 5.75 Å². The molecule has 37 heavy (non-hydrogen) atoms. The molecule has 0 aliphatic heterocycles. The number of hydrogen-bond acceptors (Lipinski definition) is 8. The second kappa shape index (κ2) is 13.2. The molecule has 1 unspecified atom stereocenters. The van der Waals surface area contributed by atoms with Crippen LogP contribution in [-0.4, -0.2) is 47.3 Å². The molecular weight excluding hydrogens is 521 g/mol. The van der Waals surface area contributed by atoms with Crippen molar-refractivity contribution in [1.82, 2.24) is 10.3 Å². The molecule has 0 bridgehead atoms. The summed E-state index contributed by atoms with van der Waals surface area (Å²) in [5.41, 5.74) is 1.15. The lowest BCUT2D eigenvalue weighted by Gasteiger charge is -2.18. The summed E-state index contributed by atoms with van der Waals surface area (Å²) in [4.78, 5) is 47.3. The van der Waals surface area contributed by atoms with Crippen LogP contribution in [0, 0.1) is 0 Å². The lowest BCUT2D eigenvalue weighted by molar-refractivity contribution is -0.290. The average Bonchev–Trinajstić information content (AvgIpc) is 2.79. The fourth-order valence-electron chi connectivity index (χ4n) is 2.95. The lowest BCUT2D eigenvalue weighted by atomic mass is 10.1. The summed E-state index contributed by atoms with van der Waals surface area (Å²) in [7, 11) is 0. The molecule has 0 spiro atoms. The molecule has 1 N–H and O–H groups in total. The van der Waals surface area contributed by atoms with E-state index in [4.69, 9.17) is 21.1 Å². The van der Waals surface area contributed by atoms with Crippen LogP contribution in [0.2, 0.25) is 5.02 Å². The molecule has 1 aromatic heterocycles. The van der Waals surface area contributed by atoms with E-state index in [0.717, 1.165) is 0 Å². The number of rotatable bonds is 10. The average molecular weight is 547 g/mol. The first-order chi connectivity index (χ1) is 17.3. The Morgan fingerprint density at radius 3 is 2.32 bits per heavy atom. The van der Waals surface area contributed by atoms with Crippen molar-refractivity contribution in [2.75, 3.05) is 0 Å². The smallest absolute Gasteiger partial charge is 0.491 e. The zero-order valence-electron chi connectivity index (χ0n) is 20.4. The molecule has 0 aliphatic rings. The van der Waals surface area contributed by atoms with Gasteiger partial charge in [-0.15, -0.1) is 0 Å². The Labute approximate surface area is 216 Å². The number of amides is 1. The van der Waals surface area contributed by atoms with Gasteiger partial charge in [0, 0.05) is 12.6 Å². The van der Waals surface area contributed by atoms with E-state index in [0.29, 0.717) is 17.0 Å². The zero-order chi connectivity index (χ0) is 27.8. The van der Waals surface area contributed by atoms with E-state index < -0.39 is 36.2 Å². The second-order valence-corrected chi connectivity index (χ2v) is 8.70. The summed E-state index contributed by atoms with van der Waals surface area (Å²) in [6, 6.07) is 7.80. The highest BCUT2D eigenvalue weighted by molar-refractivity contribution is 6.34. The maximum atomic E-state index is 12.6. The van der Waals surface area contributed by atoms with Crippen LogP contribution >= 0.6 is 11.6 Å². The van der Waals surface area contributed by atoms with Crippen molar-refractivity contribution >= 4 is 29.4 Å². The zero-order valence-corrected chi connectivity index (χ0v) is 21.2. The number of hydrogen-bond donors (Lipinski definition) is 1. The van der Waals surface area contributed by atoms with Gasteiger partial charge < -0.3 is 14.8 Å². The Kier molecular flexibility index (Phi) is 10.7. The van der Waals surface area contributed by atoms with Crippen LogP contribution in [-0.2, 0) is 37.1 Å². The van der Waals surface area contributed by atoms with Crippen LogP contribution in [0.3, 0.4) is 0 Å². The molecule has 9 nitrogen and oxygen atoms in total. The fourth-order valence-corrected chi connectivity index (χ4v) is 3.21. The van der Waals surface area contributed by atoms with Crippen molar-refractivity contribution in [3.63, 3.8) is 0 Å². The van der Waals surface area contributed by atoms with Crippen LogP contribution in [0.15, 0.2) is 36.5 Å².